The summed E-state index contributed by atoms with van der Waals surface area (Å²) in [6, 6.07) is 5.19. The number of carbonyl (C=O) groups excluding carboxylic acids is 1. The Balaban J connectivity index is 1.80. The van der Waals surface area contributed by atoms with Gasteiger partial charge in [0, 0.05) is 16.6 Å². The standard InChI is InChI=1S/C11H9Cl2N3OS2/c12-8-2-1-7(9(13)3-8)4-14-10(17)5-18-11-16-15-6-19-11/h1-3,6H,4-5H2,(H,14,17). The minimum Gasteiger partial charge on any atom is -0.351 e. The molecule has 1 N–H and O–H groups in total. The third-order valence-corrected chi connectivity index (χ3v) is 4.61. The molecule has 8 heteroatoms. The van der Waals surface area contributed by atoms with Gasteiger partial charge in [-0.15, -0.1) is 10.2 Å². The Labute approximate surface area is 128 Å². The van der Waals surface area contributed by atoms with E-state index in [2.05, 4.69) is 15.5 Å². The number of thioether (sulfide) groups is 1. The van der Waals surface area contributed by atoms with Gasteiger partial charge >= 0.3 is 0 Å². The summed E-state index contributed by atoms with van der Waals surface area (Å²) in [7, 11) is 0. The number of carbonyl (C=O) groups is 1. The summed E-state index contributed by atoms with van der Waals surface area (Å²) in [6.07, 6.45) is 0. The normalized spacial score (nSPS) is 10.4. The molecular formula is C11H9Cl2N3OS2. The molecule has 1 aromatic heterocycles. The van der Waals surface area contributed by atoms with E-state index in [0.717, 1.165) is 9.90 Å². The van der Waals surface area contributed by atoms with Crippen LogP contribution in [0, 0.1) is 0 Å². The lowest BCUT2D eigenvalue weighted by Crippen LogP contribution is -2.24. The van der Waals surface area contributed by atoms with Crippen LogP contribution in [-0.4, -0.2) is 21.9 Å². The van der Waals surface area contributed by atoms with Crippen LogP contribution in [0.25, 0.3) is 0 Å². The zero-order chi connectivity index (χ0) is 13.7. The molecule has 2 aromatic rings. The second-order valence-electron chi connectivity index (χ2n) is 3.51. The Morgan fingerprint density at radius 2 is 2.26 bits per heavy atom. The van der Waals surface area contributed by atoms with Crippen LogP contribution < -0.4 is 5.32 Å². The van der Waals surface area contributed by atoms with Gasteiger partial charge in [0.25, 0.3) is 0 Å². The average Bonchev–Trinajstić information content (AvgIpc) is 2.88. The monoisotopic (exact) mass is 333 g/mol. The highest BCUT2D eigenvalue weighted by Gasteiger charge is 2.06. The van der Waals surface area contributed by atoms with Crippen molar-refractivity contribution < 1.29 is 4.79 Å². The van der Waals surface area contributed by atoms with Crippen molar-refractivity contribution >= 4 is 52.2 Å². The molecule has 0 aliphatic heterocycles. The topological polar surface area (TPSA) is 54.9 Å². The quantitative estimate of drug-likeness (QED) is 0.853. The van der Waals surface area contributed by atoms with Crippen molar-refractivity contribution in [2.24, 2.45) is 0 Å². The van der Waals surface area contributed by atoms with Gasteiger partial charge in [-0.1, -0.05) is 52.4 Å². The number of aromatic nitrogens is 2. The number of hydrogen-bond donors (Lipinski definition) is 1. The molecule has 4 nitrogen and oxygen atoms in total. The molecule has 0 bridgehead atoms. The first-order valence-electron chi connectivity index (χ1n) is 5.25. The molecule has 0 fully saturated rings. The highest BCUT2D eigenvalue weighted by molar-refractivity contribution is 8.01. The summed E-state index contributed by atoms with van der Waals surface area (Å²) in [5.74, 6) is 0.228. The minimum absolute atomic E-state index is 0.0776. The molecule has 0 aliphatic carbocycles. The van der Waals surface area contributed by atoms with Crippen molar-refractivity contribution in [1.29, 1.82) is 0 Å². The molecule has 1 heterocycles. The van der Waals surface area contributed by atoms with Gasteiger partial charge in [-0.25, -0.2) is 0 Å². The Bertz CT molecular complexity index is 563. The minimum atomic E-state index is -0.0776. The van der Waals surface area contributed by atoms with Gasteiger partial charge in [0.15, 0.2) is 4.34 Å². The van der Waals surface area contributed by atoms with E-state index in [1.54, 1.807) is 23.7 Å². The smallest absolute Gasteiger partial charge is 0.230 e. The number of benzene rings is 1. The van der Waals surface area contributed by atoms with Gasteiger partial charge < -0.3 is 5.32 Å². The van der Waals surface area contributed by atoms with E-state index in [9.17, 15) is 4.79 Å². The molecule has 1 aromatic carbocycles. The summed E-state index contributed by atoms with van der Waals surface area (Å²) in [6.45, 7) is 0.380. The lowest BCUT2D eigenvalue weighted by Gasteiger charge is -2.06. The first kappa shape index (κ1) is 14.6. The molecule has 0 atom stereocenters. The second-order valence-corrected chi connectivity index (χ2v) is 6.41. The largest absolute Gasteiger partial charge is 0.351 e. The Morgan fingerprint density at radius 1 is 1.42 bits per heavy atom. The van der Waals surface area contributed by atoms with Crippen LogP contribution in [0.3, 0.4) is 0 Å². The van der Waals surface area contributed by atoms with Crippen molar-refractivity contribution in [1.82, 2.24) is 15.5 Å². The van der Waals surface area contributed by atoms with Crippen LogP contribution in [-0.2, 0) is 11.3 Å². The van der Waals surface area contributed by atoms with Gasteiger partial charge in [-0.3, -0.25) is 4.79 Å². The molecule has 0 spiro atoms. The molecule has 100 valence electrons. The Hall–Kier alpha value is -0.820. The fourth-order valence-electron chi connectivity index (χ4n) is 1.26. The van der Waals surface area contributed by atoms with Crippen LogP contribution in [0.2, 0.25) is 10.0 Å². The zero-order valence-corrected chi connectivity index (χ0v) is 12.7. The maximum absolute atomic E-state index is 11.6. The molecule has 0 radical (unpaired) electrons. The van der Waals surface area contributed by atoms with Gasteiger partial charge in [-0.05, 0) is 17.7 Å². The second kappa shape index (κ2) is 7.09. The van der Waals surface area contributed by atoms with Gasteiger partial charge in [0.05, 0.1) is 5.75 Å². The van der Waals surface area contributed by atoms with E-state index in [-0.39, 0.29) is 5.91 Å². The first-order valence-corrected chi connectivity index (χ1v) is 7.87. The number of hydrogen-bond acceptors (Lipinski definition) is 5. The van der Waals surface area contributed by atoms with Crippen molar-refractivity contribution in [3.05, 3.63) is 39.3 Å². The van der Waals surface area contributed by atoms with Crippen molar-refractivity contribution in [2.45, 2.75) is 10.9 Å². The summed E-state index contributed by atoms with van der Waals surface area (Å²) in [5, 5.41) is 11.5. The van der Waals surface area contributed by atoms with Crippen molar-refractivity contribution in [3.63, 3.8) is 0 Å². The Kier molecular flexibility index (Phi) is 5.45. The highest BCUT2D eigenvalue weighted by atomic mass is 35.5. The number of nitrogens with one attached hydrogen (secondary N) is 1. The summed E-state index contributed by atoms with van der Waals surface area (Å²) >= 11 is 14.6. The fourth-order valence-corrected chi connectivity index (χ4v) is 3.06. The third kappa shape index (κ3) is 4.65. The summed E-state index contributed by atoms with van der Waals surface area (Å²) < 4.78 is 0.777. The van der Waals surface area contributed by atoms with Crippen LogP contribution in [0.15, 0.2) is 28.0 Å². The average molecular weight is 334 g/mol. The van der Waals surface area contributed by atoms with E-state index < -0.39 is 0 Å². The predicted octanol–water partition coefficient (Wildman–Crippen LogP) is 3.25. The van der Waals surface area contributed by atoms with E-state index in [4.69, 9.17) is 23.2 Å². The summed E-state index contributed by atoms with van der Waals surface area (Å²) in [5.41, 5.74) is 2.47. The van der Waals surface area contributed by atoms with E-state index >= 15 is 0 Å². The van der Waals surface area contributed by atoms with Gasteiger partial charge in [0.2, 0.25) is 5.91 Å². The zero-order valence-electron chi connectivity index (χ0n) is 9.60. The van der Waals surface area contributed by atoms with E-state index in [1.807, 2.05) is 0 Å². The molecular weight excluding hydrogens is 325 g/mol. The molecule has 19 heavy (non-hydrogen) atoms. The fraction of sp³-hybridized carbons (Fsp3) is 0.182. The summed E-state index contributed by atoms with van der Waals surface area (Å²) in [4.78, 5) is 11.6. The molecule has 0 saturated heterocycles. The molecule has 0 aliphatic rings. The van der Waals surface area contributed by atoms with Crippen LogP contribution in [0.1, 0.15) is 5.56 Å². The SMILES string of the molecule is O=C(CSc1nncs1)NCc1ccc(Cl)cc1Cl. The van der Waals surface area contributed by atoms with Crippen LogP contribution >= 0.6 is 46.3 Å². The molecule has 1 amide bonds. The Morgan fingerprint density at radius 3 is 2.95 bits per heavy atom. The lowest BCUT2D eigenvalue weighted by atomic mass is 10.2. The van der Waals surface area contributed by atoms with E-state index in [1.165, 1.54) is 23.1 Å². The maximum atomic E-state index is 11.6. The van der Waals surface area contributed by atoms with Crippen LogP contribution in [0.5, 0.6) is 0 Å². The number of nitrogens with zero attached hydrogens (tertiary/aromatic N) is 2. The third-order valence-electron chi connectivity index (χ3n) is 2.16. The van der Waals surface area contributed by atoms with E-state index in [0.29, 0.717) is 22.3 Å². The maximum Gasteiger partial charge on any atom is 0.230 e. The lowest BCUT2D eigenvalue weighted by molar-refractivity contribution is -0.118. The number of amides is 1. The molecule has 0 unspecified atom stereocenters. The van der Waals surface area contributed by atoms with Gasteiger partial charge in [-0.2, -0.15) is 0 Å². The predicted molar refractivity (Wildman–Crippen MR) is 78.9 cm³/mol. The highest BCUT2D eigenvalue weighted by Crippen LogP contribution is 2.21. The number of rotatable bonds is 5. The van der Waals surface area contributed by atoms with Crippen molar-refractivity contribution in [2.75, 3.05) is 5.75 Å². The van der Waals surface area contributed by atoms with Crippen molar-refractivity contribution in [3.8, 4) is 0 Å². The molecule has 0 saturated carbocycles. The molecule has 2 rings (SSSR count). The first-order chi connectivity index (χ1) is 9.15. The van der Waals surface area contributed by atoms with Crippen LogP contribution in [0.4, 0.5) is 0 Å². The number of halogens is 2. The van der Waals surface area contributed by atoms with Gasteiger partial charge in [0.1, 0.15) is 5.51 Å².